The van der Waals surface area contributed by atoms with Crippen LogP contribution in [0, 0.1) is 10.1 Å². The third-order valence-electron chi connectivity index (χ3n) is 3.15. The van der Waals surface area contributed by atoms with E-state index < -0.39 is 4.92 Å². The van der Waals surface area contributed by atoms with Gasteiger partial charge in [-0.05, 0) is 32.0 Å². The monoisotopic (exact) mass is 302 g/mol. The second kappa shape index (κ2) is 7.26. The Morgan fingerprint density at radius 2 is 1.91 bits per heavy atom. The maximum atomic E-state index is 10.6. The molecule has 0 fully saturated rings. The van der Waals surface area contributed by atoms with Gasteiger partial charge in [-0.25, -0.2) is 0 Å². The second-order valence-corrected chi connectivity index (χ2v) is 4.52. The fourth-order valence-electron chi connectivity index (χ4n) is 1.94. The van der Waals surface area contributed by atoms with E-state index in [1.54, 1.807) is 18.3 Å². The molecule has 1 aromatic heterocycles. The predicted molar refractivity (Wildman–Crippen MR) is 86.6 cm³/mol. The van der Waals surface area contributed by atoms with Crippen LogP contribution in [0.4, 0.5) is 17.3 Å². The topological polar surface area (TPSA) is 83.9 Å². The average Bonchev–Trinajstić information content (AvgIpc) is 2.98. The molecule has 0 aliphatic carbocycles. The lowest BCUT2D eigenvalue weighted by molar-refractivity contribution is -0.384. The molecule has 1 N–H and O–H groups in total. The number of nitrogens with one attached hydrogen (secondary N) is 1. The molecule has 1 heterocycles. The minimum Gasteiger partial charge on any atom is -0.440 e. The summed E-state index contributed by atoms with van der Waals surface area (Å²) in [4.78, 5) is 12.2. The highest BCUT2D eigenvalue weighted by molar-refractivity contribution is 5.77. The summed E-state index contributed by atoms with van der Waals surface area (Å²) in [5, 5.41) is 14.6. The molecule has 0 atom stereocenters. The summed E-state index contributed by atoms with van der Waals surface area (Å²) in [6, 6.07) is 9.78. The van der Waals surface area contributed by atoms with Crippen molar-refractivity contribution in [1.29, 1.82) is 0 Å². The lowest BCUT2D eigenvalue weighted by atomic mass is 10.3. The van der Waals surface area contributed by atoms with E-state index in [1.807, 2.05) is 12.1 Å². The third kappa shape index (κ3) is 3.85. The lowest BCUT2D eigenvalue weighted by Crippen LogP contribution is -2.20. The van der Waals surface area contributed by atoms with Crippen LogP contribution in [0.25, 0.3) is 0 Å². The van der Waals surface area contributed by atoms with E-state index in [0.29, 0.717) is 11.4 Å². The summed E-state index contributed by atoms with van der Waals surface area (Å²) in [5.41, 5.74) is 3.51. The number of rotatable bonds is 7. The van der Waals surface area contributed by atoms with Gasteiger partial charge in [0, 0.05) is 31.3 Å². The molecular weight excluding hydrogens is 284 g/mol. The quantitative estimate of drug-likeness (QED) is 0.481. The minimum absolute atomic E-state index is 0.0458. The maximum absolute atomic E-state index is 10.6. The molecule has 0 saturated carbocycles. The first kappa shape index (κ1) is 15.6. The predicted octanol–water partition coefficient (Wildman–Crippen LogP) is 3.48. The van der Waals surface area contributed by atoms with Crippen molar-refractivity contribution in [1.82, 2.24) is 0 Å². The van der Waals surface area contributed by atoms with Crippen molar-refractivity contribution >= 4 is 23.5 Å². The zero-order valence-electron chi connectivity index (χ0n) is 12.5. The summed E-state index contributed by atoms with van der Waals surface area (Å²) in [6.45, 7) is 5.88. The molecule has 0 saturated heterocycles. The second-order valence-electron chi connectivity index (χ2n) is 4.52. The van der Waals surface area contributed by atoms with Crippen LogP contribution in [0.2, 0.25) is 0 Å². The van der Waals surface area contributed by atoms with E-state index in [0.717, 1.165) is 19.0 Å². The first-order chi connectivity index (χ1) is 10.6. The molecule has 7 nitrogen and oxygen atoms in total. The summed E-state index contributed by atoms with van der Waals surface area (Å²) in [5.74, 6) is 1.44. The average molecular weight is 302 g/mol. The van der Waals surface area contributed by atoms with Gasteiger partial charge < -0.3 is 9.32 Å². The Morgan fingerprint density at radius 3 is 2.50 bits per heavy atom. The number of nitro benzene ring substituents is 1. The highest BCUT2D eigenvalue weighted by atomic mass is 16.6. The third-order valence-corrected chi connectivity index (χ3v) is 3.15. The molecule has 0 aliphatic rings. The molecule has 7 heteroatoms. The van der Waals surface area contributed by atoms with Crippen molar-refractivity contribution in [2.75, 3.05) is 23.4 Å². The molecule has 0 aliphatic heterocycles. The standard InChI is InChI=1S/C15H18N4O3/c1-3-18(4-2)15-10-9-14(22-15)11-16-17-12-5-7-13(8-6-12)19(20)21/h5-11,17H,3-4H2,1-2H3/b16-11+. The van der Waals surface area contributed by atoms with E-state index in [2.05, 4.69) is 29.3 Å². The molecule has 0 spiro atoms. The van der Waals surface area contributed by atoms with Gasteiger partial charge in [-0.15, -0.1) is 0 Å². The van der Waals surface area contributed by atoms with E-state index in [1.165, 1.54) is 12.1 Å². The van der Waals surface area contributed by atoms with Gasteiger partial charge in [0.2, 0.25) is 0 Å². The Balaban J connectivity index is 1.96. The molecule has 0 radical (unpaired) electrons. The van der Waals surface area contributed by atoms with Crippen molar-refractivity contribution in [2.24, 2.45) is 5.10 Å². The Labute approximate surface area is 128 Å². The van der Waals surface area contributed by atoms with E-state index in [9.17, 15) is 10.1 Å². The van der Waals surface area contributed by atoms with Crippen molar-refractivity contribution in [3.05, 3.63) is 52.3 Å². The molecule has 2 aromatic rings. The normalized spacial score (nSPS) is 10.8. The summed E-state index contributed by atoms with van der Waals surface area (Å²) in [7, 11) is 0. The number of nitrogens with zero attached hydrogens (tertiary/aromatic N) is 3. The summed E-state index contributed by atoms with van der Waals surface area (Å²) < 4.78 is 5.66. The Kier molecular flexibility index (Phi) is 5.13. The van der Waals surface area contributed by atoms with Gasteiger partial charge in [0.15, 0.2) is 5.88 Å². The number of furan rings is 1. The van der Waals surface area contributed by atoms with Crippen LogP contribution in [-0.2, 0) is 0 Å². The van der Waals surface area contributed by atoms with Crippen molar-refractivity contribution < 1.29 is 9.34 Å². The Hall–Kier alpha value is -2.83. The lowest BCUT2D eigenvalue weighted by Gasteiger charge is -2.16. The largest absolute Gasteiger partial charge is 0.440 e. The van der Waals surface area contributed by atoms with Gasteiger partial charge in [-0.2, -0.15) is 5.10 Å². The first-order valence-electron chi connectivity index (χ1n) is 7.02. The van der Waals surface area contributed by atoms with Crippen molar-refractivity contribution in [3.8, 4) is 0 Å². The molecule has 2 rings (SSSR count). The number of non-ortho nitro benzene ring substituents is 1. The van der Waals surface area contributed by atoms with Gasteiger partial charge in [0.1, 0.15) is 5.76 Å². The number of hydrogen-bond acceptors (Lipinski definition) is 6. The summed E-state index contributed by atoms with van der Waals surface area (Å²) >= 11 is 0. The number of nitro groups is 1. The highest BCUT2D eigenvalue weighted by Crippen LogP contribution is 2.17. The van der Waals surface area contributed by atoms with E-state index in [-0.39, 0.29) is 5.69 Å². The van der Waals surface area contributed by atoms with Crippen LogP contribution < -0.4 is 10.3 Å². The van der Waals surface area contributed by atoms with Gasteiger partial charge >= 0.3 is 0 Å². The smallest absolute Gasteiger partial charge is 0.269 e. The van der Waals surface area contributed by atoms with Crippen LogP contribution in [0.5, 0.6) is 0 Å². The van der Waals surface area contributed by atoms with Gasteiger partial charge in [0.05, 0.1) is 16.8 Å². The van der Waals surface area contributed by atoms with Crippen LogP contribution >= 0.6 is 0 Å². The first-order valence-corrected chi connectivity index (χ1v) is 7.02. The molecular formula is C15H18N4O3. The molecule has 22 heavy (non-hydrogen) atoms. The van der Waals surface area contributed by atoms with Gasteiger partial charge in [0.25, 0.3) is 5.69 Å². The van der Waals surface area contributed by atoms with Crippen LogP contribution in [0.3, 0.4) is 0 Å². The summed E-state index contributed by atoms with van der Waals surface area (Å²) in [6.07, 6.45) is 1.56. The van der Waals surface area contributed by atoms with Gasteiger partial charge in [-0.3, -0.25) is 15.5 Å². The van der Waals surface area contributed by atoms with Crippen LogP contribution in [0.15, 0.2) is 45.9 Å². The number of anilines is 2. The Morgan fingerprint density at radius 1 is 1.23 bits per heavy atom. The maximum Gasteiger partial charge on any atom is 0.269 e. The molecule has 116 valence electrons. The molecule has 0 unspecified atom stereocenters. The number of benzene rings is 1. The SMILES string of the molecule is CCN(CC)c1ccc(/C=N/Nc2ccc([N+](=O)[O-])cc2)o1. The zero-order chi connectivity index (χ0) is 15.9. The van der Waals surface area contributed by atoms with Crippen LogP contribution in [0.1, 0.15) is 19.6 Å². The molecule has 0 bridgehead atoms. The fourth-order valence-corrected chi connectivity index (χ4v) is 1.94. The number of hydrazone groups is 1. The number of hydrogen-bond donors (Lipinski definition) is 1. The van der Waals surface area contributed by atoms with Crippen molar-refractivity contribution in [3.63, 3.8) is 0 Å². The zero-order valence-corrected chi connectivity index (χ0v) is 12.5. The Bertz CT molecular complexity index is 645. The van der Waals surface area contributed by atoms with E-state index >= 15 is 0 Å². The minimum atomic E-state index is -0.440. The highest BCUT2D eigenvalue weighted by Gasteiger charge is 2.06. The van der Waals surface area contributed by atoms with E-state index in [4.69, 9.17) is 4.42 Å². The van der Waals surface area contributed by atoms with Gasteiger partial charge in [-0.1, -0.05) is 0 Å². The van der Waals surface area contributed by atoms with Crippen LogP contribution in [-0.4, -0.2) is 24.2 Å². The fraction of sp³-hybridized carbons (Fsp3) is 0.267. The molecule has 1 aromatic carbocycles. The molecule has 0 amide bonds. The van der Waals surface area contributed by atoms with Crippen molar-refractivity contribution in [2.45, 2.75) is 13.8 Å².